The third kappa shape index (κ3) is 7.49. The zero-order valence-electron chi connectivity index (χ0n) is 26.5. The Balaban J connectivity index is 1.34. The molecule has 0 spiro atoms. The third-order valence-electron chi connectivity index (χ3n) is 8.93. The van der Waals surface area contributed by atoms with E-state index in [0.717, 1.165) is 57.1 Å². The predicted molar refractivity (Wildman–Crippen MR) is 188 cm³/mol. The number of halogens is 1. The Morgan fingerprint density at radius 2 is 1.80 bits per heavy atom. The van der Waals surface area contributed by atoms with E-state index >= 15 is 0 Å². The van der Waals surface area contributed by atoms with Gasteiger partial charge in [0.15, 0.2) is 9.84 Å². The summed E-state index contributed by atoms with van der Waals surface area (Å²) in [6.45, 7) is 11.9. The van der Waals surface area contributed by atoms with E-state index in [-0.39, 0.29) is 14.0 Å². The standard InChI is InChI=1S/C34H45IN4O4S/c1-25(2)24-39-26(8-7-17-36-30-12-11-27(44(5,40)41)23-32(30)42-4)22-28-29(9-6-10-31(28)39)37-34(35)15-13-33(3,14-16-34)38-18-20-43-21-19-38/h6,9-12,22-23,25,36-37H,13-21,24H2,1-5H3/t33-,34+. The number of methoxy groups -OCH3 is 1. The van der Waals surface area contributed by atoms with E-state index in [4.69, 9.17) is 9.47 Å². The monoisotopic (exact) mass is 732 g/mol. The lowest BCUT2D eigenvalue weighted by Crippen LogP contribution is -2.55. The van der Waals surface area contributed by atoms with Crippen molar-refractivity contribution in [2.75, 3.05) is 56.8 Å². The first-order valence-electron chi connectivity index (χ1n) is 15.4. The molecule has 8 nitrogen and oxygen atoms in total. The molecular weight excluding hydrogens is 687 g/mol. The lowest BCUT2D eigenvalue weighted by molar-refractivity contribution is -0.0311. The van der Waals surface area contributed by atoms with Crippen LogP contribution in [0.4, 0.5) is 11.4 Å². The Morgan fingerprint density at radius 1 is 1.07 bits per heavy atom. The van der Waals surface area contributed by atoms with Crippen molar-refractivity contribution < 1.29 is 17.9 Å². The fraction of sp³-hybridized carbons (Fsp3) is 0.529. The van der Waals surface area contributed by atoms with Gasteiger partial charge in [0.1, 0.15) is 5.75 Å². The maximum Gasteiger partial charge on any atom is 0.175 e. The zero-order valence-corrected chi connectivity index (χ0v) is 29.5. The average molecular weight is 733 g/mol. The van der Waals surface area contributed by atoms with Gasteiger partial charge in [0, 0.05) is 48.6 Å². The molecule has 238 valence electrons. The van der Waals surface area contributed by atoms with Crippen molar-refractivity contribution in [2.24, 2.45) is 5.92 Å². The van der Waals surface area contributed by atoms with E-state index in [1.165, 1.54) is 43.2 Å². The van der Waals surface area contributed by atoms with Crippen LogP contribution in [0.1, 0.15) is 52.1 Å². The van der Waals surface area contributed by atoms with E-state index in [2.05, 4.69) is 99.6 Å². The van der Waals surface area contributed by atoms with Gasteiger partial charge in [-0.25, -0.2) is 8.42 Å². The molecule has 2 aliphatic rings. The number of anilines is 2. The summed E-state index contributed by atoms with van der Waals surface area (Å²) in [6.07, 6.45) is 5.74. The van der Waals surface area contributed by atoms with Crippen molar-refractivity contribution in [3.05, 3.63) is 48.2 Å². The van der Waals surface area contributed by atoms with Gasteiger partial charge >= 0.3 is 0 Å². The minimum absolute atomic E-state index is 0.000533. The summed E-state index contributed by atoms with van der Waals surface area (Å²) in [5, 5.41) is 8.44. The number of nitrogens with zero attached hydrogens (tertiary/aromatic N) is 2. The summed E-state index contributed by atoms with van der Waals surface area (Å²) in [5.74, 6) is 7.62. The molecular formula is C34H45IN4O4S. The number of aromatic nitrogens is 1. The third-order valence-corrected chi connectivity index (χ3v) is 11.4. The van der Waals surface area contributed by atoms with Crippen LogP contribution >= 0.6 is 22.6 Å². The minimum Gasteiger partial charge on any atom is -0.495 e. The lowest BCUT2D eigenvalue weighted by atomic mass is 9.79. The van der Waals surface area contributed by atoms with Crippen molar-refractivity contribution in [1.82, 2.24) is 9.47 Å². The molecule has 1 aromatic heterocycles. The van der Waals surface area contributed by atoms with Crippen LogP contribution in [0.15, 0.2) is 47.4 Å². The van der Waals surface area contributed by atoms with Gasteiger partial charge < -0.3 is 24.7 Å². The number of rotatable bonds is 9. The summed E-state index contributed by atoms with van der Waals surface area (Å²) < 4.78 is 37.3. The van der Waals surface area contributed by atoms with Gasteiger partial charge in [-0.1, -0.05) is 48.4 Å². The quantitative estimate of drug-likeness (QED) is 0.114. The van der Waals surface area contributed by atoms with Crippen LogP contribution in [0.25, 0.3) is 10.9 Å². The van der Waals surface area contributed by atoms with Crippen molar-refractivity contribution in [1.29, 1.82) is 0 Å². The van der Waals surface area contributed by atoms with Crippen LogP contribution in [0, 0.1) is 17.8 Å². The van der Waals surface area contributed by atoms with Crippen LogP contribution in [-0.4, -0.2) is 73.2 Å². The maximum absolute atomic E-state index is 11.9. The molecule has 2 aromatic carbocycles. The Hall–Kier alpha value is -2.46. The molecule has 1 aliphatic heterocycles. The highest BCUT2D eigenvalue weighted by molar-refractivity contribution is 14.1. The van der Waals surface area contributed by atoms with Crippen LogP contribution in [-0.2, 0) is 21.1 Å². The molecule has 0 radical (unpaired) electrons. The van der Waals surface area contributed by atoms with Crippen molar-refractivity contribution in [3.8, 4) is 17.6 Å². The number of ether oxygens (including phenoxy) is 2. The summed E-state index contributed by atoms with van der Waals surface area (Å²) in [4.78, 5) is 2.86. The van der Waals surface area contributed by atoms with E-state index < -0.39 is 9.84 Å². The maximum atomic E-state index is 11.9. The molecule has 2 N–H and O–H groups in total. The topological polar surface area (TPSA) is 84.8 Å². The minimum atomic E-state index is -3.32. The normalized spacial score (nSPS) is 22.9. The Labute approximate surface area is 276 Å². The average Bonchev–Trinajstić information content (AvgIpc) is 3.34. The second-order valence-electron chi connectivity index (χ2n) is 12.7. The zero-order chi connectivity index (χ0) is 31.5. The number of nitrogens with one attached hydrogen (secondary N) is 2. The van der Waals surface area contributed by atoms with Crippen molar-refractivity contribution in [2.45, 2.75) is 67.0 Å². The first-order chi connectivity index (χ1) is 20.9. The highest BCUT2D eigenvalue weighted by atomic mass is 127. The predicted octanol–water partition coefficient (Wildman–Crippen LogP) is 6.38. The van der Waals surface area contributed by atoms with E-state index in [1.807, 2.05) is 0 Å². The fourth-order valence-corrected chi connectivity index (χ4v) is 7.82. The van der Waals surface area contributed by atoms with Gasteiger partial charge in [0.25, 0.3) is 0 Å². The molecule has 1 saturated carbocycles. The van der Waals surface area contributed by atoms with Gasteiger partial charge in [0.05, 0.1) is 52.2 Å². The van der Waals surface area contributed by atoms with Crippen LogP contribution in [0.5, 0.6) is 5.75 Å². The first-order valence-corrected chi connectivity index (χ1v) is 18.4. The number of morpholine rings is 1. The number of hydrogen-bond acceptors (Lipinski definition) is 7. The van der Waals surface area contributed by atoms with Crippen LogP contribution in [0.2, 0.25) is 0 Å². The number of benzene rings is 2. The van der Waals surface area contributed by atoms with Gasteiger partial charge in [-0.05, 0) is 74.8 Å². The summed E-state index contributed by atoms with van der Waals surface area (Å²) in [6, 6.07) is 13.6. The number of sulfone groups is 1. The van der Waals surface area contributed by atoms with Gasteiger partial charge in [-0.3, -0.25) is 4.90 Å². The van der Waals surface area contributed by atoms with Gasteiger partial charge in [-0.15, -0.1) is 0 Å². The molecule has 1 saturated heterocycles. The van der Waals surface area contributed by atoms with Gasteiger partial charge in [0.2, 0.25) is 0 Å². The fourth-order valence-electron chi connectivity index (χ4n) is 6.35. The molecule has 0 atom stereocenters. The molecule has 1 aliphatic carbocycles. The summed E-state index contributed by atoms with van der Waals surface area (Å²) in [7, 11) is -1.79. The molecule has 2 fully saturated rings. The summed E-state index contributed by atoms with van der Waals surface area (Å²) >= 11 is 2.65. The second-order valence-corrected chi connectivity index (χ2v) is 16.8. The van der Waals surface area contributed by atoms with Crippen LogP contribution < -0.4 is 15.4 Å². The molecule has 0 unspecified atom stereocenters. The second kappa shape index (κ2) is 13.5. The van der Waals surface area contributed by atoms with Crippen molar-refractivity contribution in [3.63, 3.8) is 0 Å². The molecule has 0 amide bonds. The van der Waals surface area contributed by atoms with E-state index in [1.54, 1.807) is 12.1 Å². The Kier molecular flexibility index (Phi) is 10.1. The Bertz CT molecular complexity index is 1640. The number of alkyl halides is 1. The highest BCUT2D eigenvalue weighted by Gasteiger charge is 2.42. The largest absolute Gasteiger partial charge is 0.495 e. The number of hydrogen-bond donors (Lipinski definition) is 2. The van der Waals surface area contributed by atoms with E-state index in [0.29, 0.717) is 23.9 Å². The van der Waals surface area contributed by atoms with E-state index in [9.17, 15) is 8.42 Å². The number of fused-ring (bicyclic) bond motifs is 1. The van der Waals surface area contributed by atoms with Gasteiger partial charge in [-0.2, -0.15) is 0 Å². The van der Waals surface area contributed by atoms with Crippen LogP contribution in [0.3, 0.4) is 0 Å². The smallest absolute Gasteiger partial charge is 0.175 e. The molecule has 3 aromatic rings. The molecule has 44 heavy (non-hydrogen) atoms. The highest BCUT2D eigenvalue weighted by Crippen LogP contribution is 2.45. The molecule has 10 heteroatoms. The summed E-state index contributed by atoms with van der Waals surface area (Å²) in [5.41, 5.74) is 4.27. The molecule has 0 bridgehead atoms. The Morgan fingerprint density at radius 3 is 2.45 bits per heavy atom. The first kappa shape index (κ1) is 32.9. The lowest BCUT2D eigenvalue weighted by Gasteiger charge is -2.49. The SMILES string of the molecule is COc1cc(S(C)(=O)=O)ccc1NCC#Cc1cc2c(N[C@]3(I)CC[C@](C)(N4CCOCC4)CC3)cccc2n1CC(C)C. The van der Waals surface area contributed by atoms with Crippen molar-refractivity contribution >= 4 is 54.7 Å². The molecule has 2 heterocycles. The molecule has 5 rings (SSSR count).